The Kier molecular flexibility index (Phi) is 5.48. The zero-order chi connectivity index (χ0) is 17.9. The summed E-state index contributed by atoms with van der Waals surface area (Å²) >= 11 is 1.76. The molecule has 0 unspecified atom stereocenters. The van der Waals surface area contributed by atoms with Crippen LogP contribution in [0.1, 0.15) is 24.8 Å². The van der Waals surface area contributed by atoms with Crippen molar-refractivity contribution < 1.29 is 9.47 Å². The van der Waals surface area contributed by atoms with E-state index in [2.05, 4.69) is 46.5 Å². The zero-order valence-corrected chi connectivity index (χ0v) is 16.6. The number of fused-ring (bicyclic) bond motifs is 1. The molecule has 0 saturated carbocycles. The first kappa shape index (κ1) is 17.8. The predicted octanol–water partition coefficient (Wildman–Crippen LogP) is 4.10. The summed E-state index contributed by atoms with van der Waals surface area (Å²) in [5, 5.41) is 2.12. The third-order valence-corrected chi connectivity index (χ3v) is 6.57. The fraction of sp³-hybridized carbons (Fsp3) is 0.524. The highest BCUT2D eigenvalue weighted by atomic mass is 32.1. The molecule has 3 heterocycles. The number of ether oxygens (including phenoxy) is 2. The maximum atomic E-state index is 6.09. The van der Waals surface area contributed by atoms with Crippen LogP contribution < -0.4 is 9.47 Å². The molecule has 2 aliphatic heterocycles. The number of hydrogen-bond acceptors (Lipinski definition) is 5. The van der Waals surface area contributed by atoms with Crippen molar-refractivity contribution in [2.75, 3.05) is 40.4 Å². The van der Waals surface area contributed by atoms with E-state index in [0.29, 0.717) is 0 Å². The van der Waals surface area contributed by atoms with Crippen molar-refractivity contribution in [3.05, 3.63) is 35.2 Å². The van der Waals surface area contributed by atoms with Crippen LogP contribution in [0.5, 0.6) is 11.5 Å². The van der Waals surface area contributed by atoms with Gasteiger partial charge in [0, 0.05) is 36.1 Å². The molecule has 0 amide bonds. The number of likely N-dealkylation sites (tertiary alicyclic amines) is 1. The third-order valence-electron chi connectivity index (χ3n) is 5.66. The number of nitrogens with zero attached hydrogens (tertiary/aromatic N) is 2. The molecule has 0 spiro atoms. The largest absolute Gasteiger partial charge is 0.493 e. The number of hydrogen-bond donors (Lipinski definition) is 0. The quantitative estimate of drug-likeness (QED) is 0.789. The van der Waals surface area contributed by atoms with Gasteiger partial charge in [-0.2, -0.15) is 0 Å². The van der Waals surface area contributed by atoms with Gasteiger partial charge in [0.05, 0.1) is 7.11 Å². The summed E-state index contributed by atoms with van der Waals surface area (Å²) in [6, 6.07) is 9.39. The van der Waals surface area contributed by atoms with Gasteiger partial charge in [0.2, 0.25) is 0 Å². The van der Waals surface area contributed by atoms with Gasteiger partial charge in [-0.15, -0.1) is 11.3 Å². The van der Waals surface area contributed by atoms with Crippen LogP contribution in [0.4, 0.5) is 0 Å². The minimum absolute atomic E-state index is 0.724. The summed E-state index contributed by atoms with van der Waals surface area (Å²) in [6.45, 7) is 5.01. The first-order valence-corrected chi connectivity index (χ1v) is 10.4. The Labute approximate surface area is 160 Å². The Morgan fingerprint density at radius 1 is 1.31 bits per heavy atom. The van der Waals surface area contributed by atoms with Gasteiger partial charge in [0.1, 0.15) is 6.61 Å². The van der Waals surface area contributed by atoms with Gasteiger partial charge in [-0.3, -0.25) is 4.90 Å². The summed E-state index contributed by atoms with van der Waals surface area (Å²) in [4.78, 5) is 6.32. The monoisotopic (exact) mass is 372 g/mol. The van der Waals surface area contributed by atoms with Crippen molar-refractivity contribution in [2.24, 2.45) is 0 Å². The van der Waals surface area contributed by atoms with Crippen molar-refractivity contribution in [1.82, 2.24) is 9.80 Å². The van der Waals surface area contributed by atoms with Crippen molar-refractivity contribution >= 4 is 11.3 Å². The molecule has 1 saturated heterocycles. The van der Waals surface area contributed by atoms with Gasteiger partial charge >= 0.3 is 0 Å². The minimum Gasteiger partial charge on any atom is -0.493 e. The van der Waals surface area contributed by atoms with Crippen molar-refractivity contribution in [1.29, 1.82) is 0 Å². The van der Waals surface area contributed by atoms with Crippen LogP contribution in [0, 0.1) is 0 Å². The van der Waals surface area contributed by atoms with Crippen LogP contribution >= 0.6 is 11.3 Å². The fourth-order valence-electron chi connectivity index (χ4n) is 4.14. The second-order valence-electron chi connectivity index (χ2n) is 7.33. The van der Waals surface area contributed by atoms with E-state index >= 15 is 0 Å². The van der Waals surface area contributed by atoms with E-state index in [9.17, 15) is 0 Å². The lowest BCUT2D eigenvalue weighted by Crippen LogP contribution is -2.32. The maximum absolute atomic E-state index is 6.09. The van der Waals surface area contributed by atoms with E-state index in [0.717, 1.165) is 43.8 Å². The molecule has 1 aromatic heterocycles. The van der Waals surface area contributed by atoms with E-state index in [1.807, 2.05) is 0 Å². The normalized spacial score (nSPS) is 21.2. The van der Waals surface area contributed by atoms with Gasteiger partial charge in [0.15, 0.2) is 11.5 Å². The molecule has 2 aliphatic rings. The Hall–Kier alpha value is -1.56. The Bertz CT molecular complexity index is 732. The lowest BCUT2D eigenvalue weighted by atomic mass is 10.1. The average molecular weight is 373 g/mol. The first-order chi connectivity index (χ1) is 12.7. The first-order valence-electron chi connectivity index (χ1n) is 9.55. The van der Waals surface area contributed by atoms with Gasteiger partial charge in [0.25, 0.3) is 0 Å². The fourth-order valence-corrected chi connectivity index (χ4v) is 4.86. The smallest absolute Gasteiger partial charge is 0.165 e. The standard InChI is InChI=1S/C21H28N2O2S/c1-22-8-3-5-18(22)7-9-23-10-11-25-21-17(15-23)13-16(14-19(21)24-2)20-6-4-12-26-20/h4,6,12-14,18H,3,5,7-11,15H2,1-2H3/t18-/m0/s1. The third kappa shape index (κ3) is 3.75. The van der Waals surface area contributed by atoms with Crippen LogP contribution in [-0.2, 0) is 6.54 Å². The van der Waals surface area contributed by atoms with E-state index in [4.69, 9.17) is 9.47 Å². The second-order valence-corrected chi connectivity index (χ2v) is 8.28. The highest BCUT2D eigenvalue weighted by molar-refractivity contribution is 7.13. The second kappa shape index (κ2) is 7.99. The van der Waals surface area contributed by atoms with Crippen molar-refractivity contribution in [3.8, 4) is 21.9 Å². The molecular formula is C21H28N2O2S. The molecule has 0 bridgehead atoms. The van der Waals surface area contributed by atoms with E-state index in [-0.39, 0.29) is 0 Å². The van der Waals surface area contributed by atoms with Crippen LogP contribution in [0.2, 0.25) is 0 Å². The SMILES string of the molecule is COc1cc(-c2cccs2)cc2c1OCCN(CC[C@@H]1CCCN1C)C2. The Balaban J connectivity index is 1.53. The highest BCUT2D eigenvalue weighted by Gasteiger charge is 2.24. The molecule has 4 rings (SSSR count). The van der Waals surface area contributed by atoms with Gasteiger partial charge < -0.3 is 14.4 Å². The molecule has 140 valence electrons. The summed E-state index contributed by atoms with van der Waals surface area (Å²) in [6.07, 6.45) is 3.93. The molecule has 26 heavy (non-hydrogen) atoms. The van der Waals surface area contributed by atoms with Gasteiger partial charge in [-0.05, 0) is 62.0 Å². The number of benzene rings is 1. The lowest BCUT2D eigenvalue weighted by Gasteiger charge is -2.24. The minimum atomic E-state index is 0.724. The zero-order valence-electron chi connectivity index (χ0n) is 15.7. The van der Waals surface area contributed by atoms with Crippen LogP contribution in [-0.4, -0.2) is 56.2 Å². The Morgan fingerprint density at radius 2 is 2.23 bits per heavy atom. The predicted molar refractivity (Wildman–Crippen MR) is 107 cm³/mol. The Morgan fingerprint density at radius 3 is 2.96 bits per heavy atom. The number of methoxy groups -OCH3 is 1. The molecule has 0 radical (unpaired) electrons. The molecule has 1 atom stereocenters. The molecule has 0 aliphatic carbocycles. The summed E-state index contributed by atoms with van der Waals surface area (Å²) < 4.78 is 11.7. The summed E-state index contributed by atoms with van der Waals surface area (Å²) in [7, 11) is 3.99. The van der Waals surface area contributed by atoms with Crippen LogP contribution in [0.15, 0.2) is 29.6 Å². The highest BCUT2D eigenvalue weighted by Crippen LogP contribution is 2.39. The molecular weight excluding hydrogens is 344 g/mol. The molecule has 2 aromatic rings. The number of thiophene rings is 1. The van der Waals surface area contributed by atoms with Crippen LogP contribution in [0.3, 0.4) is 0 Å². The summed E-state index contributed by atoms with van der Waals surface area (Å²) in [5.74, 6) is 1.77. The van der Waals surface area contributed by atoms with Gasteiger partial charge in [-0.25, -0.2) is 0 Å². The molecule has 1 fully saturated rings. The van der Waals surface area contributed by atoms with E-state index < -0.39 is 0 Å². The number of rotatable bonds is 5. The summed E-state index contributed by atoms with van der Waals surface area (Å²) in [5.41, 5.74) is 2.46. The van der Waals surface area contributed by atoms with E-state index in [1.54, 1.807) is 18.4 Å². The molecule has 4 nitrogen and oxygen atoms in total. The molecule has 1 aromatic carbocycles. The van der Waals surface area contributed by atoms with E-state index in [1.165, 1.54) is 41.8 Å². The van der Waals surface area contributed by atoms with Gasteiger partial charge in [-0.1, -0.05) is 6.07 Å². The van der Waals surface area contributed by atoms with Crippen molar-refractivity contribution in [2.45, 2.75) is 31.8 Å². The van der Waals surface area contributed by atoms with Crippen molar-refractivity contribution in [3.63, 3.8) is 0 Å². The van der Waals surface area contributed by atoms with Crippen LogP contribution in [0.25, 0.3) is 10.4 Å². The molecule has 0 N–H and O–H groups in total. The topological polar surface area (TPSA) is 24.9 Å². The maximum Gasteiger partial charge on any atom is 0.165 e. The average Bonchev–Trinajstić information content (AvgIpc) is 3.27. The molecule has 5 heteroatoms. The lowest BCUT2D eigenvalue weighted by molar-refractivity contribution is 0.197.